The number of hydrogen-bond acceptors (Lipinski definition) is 5. The van der Waals surface area contributed by atoms with Crippen molar-refractivity contribution in [3.63, 3.8) is 0 Å². The molecule has 0 radical (unpaired) electrons. The number of benzene rings is 1. The van der Waals surface area contributed by atoms with E-state index in [1.165, 1.54) is 0 Å². The molecule has 156 valence electrons. The number of carbonyl (C=O) groups excluding carboxylic acids is 1. The summed E-state index contributed by atoms with van der Waals surface area (Å²) in [6.45, 7) is 1.84. The van der Waals surface area contributed by atoms with Crippen LogP contribution in [0.3, 0.4) is 0 Å². The van der Waals surface area contributed by atoms with E-state index < -0.39 is 9.84 Å². The first-order valence-electron chi connectivity index (χ1n) is 9.98. The normalized spacial score (nSPS) is 20.5. The van der Waals surface area contributed by atoms with Crippen LogP contribution < -0.4 is 5.32 Å². The molecule has 7 nitrogen and oxygen atoms in total. The van der Waals surface area contributed by atoms with Crippen molar-refractivity contribution in [3.05, 3.63) is 51.8 Å². The number of amides is 1. The van der Waals surface area contributed by atoms with Gasteiger partial charge in [0.1, 0.15) is 0 Å². The number of nitrogens with zero attached hydrogens (tertiary/aromatic N) is 3. The van der Waals surface area contributed by atoms with E-state index in [1.54, 1.807) is 4.68 Å². The smallest absolute Gasteiger partial charge is 0.256 e. The predicted molar refractivity (Wildman–Crippen MR) is 119 cm³/mol. The minimum atomic E-state index is -3.06. The topological polar surface area (TPSA) is 93.9 Å². The Kier molecular flexibility index (Phi) is 4.70. The van der Waals surface area contributed by atoms with Crippen LogP contribution in [0.5, 0.6) is 0 Å². The highest BCUT2D eigenvalue weighted by atomic mass is 79.9. The molecule has 1 saturated carbocycles. The minimum absolute atomic E-state index is 0.0684. The maximum atomic E-state index is 13.2. The first-order valence-corrected chi connectivity index (χ1v) is 12.6. The molecule has 1 aliphatic carbocycles. The third-order valence-corrected chi connectivity index (χ3v) is 8.03. The Labute approximate surface area is 182 Å². The fourth-order valence-electron chi connectivity index (χ4n) is 4.05. The Hall–Kier alpha value is -2.26. The van der Waals surface area contributed by atoms with Crippen molar-refractivity contribution < 1.29 is 13.2 Å². The molecule has 30 heavy (non-hydrogen) atoms. The number of anilines is 1. The Balaban J connectivity index is 1.60. The van der Waals surface area contributed by atoms with E-state index in [0.29, 0.717) is 40.3 Å². The lowest BCUT2D eigenvalue weighted by atomic mass is 10.1. The summed E-state index contributed by atoms with van der Waals surface area (Å²) in [5, 5.41) is 8.28. The van der Waals surface area contributed by atoms with Crippen LogP contribution in [-0.4, -0.2) is 40.6 Å². The monoisotopic (exact) mass is 488 g/mol. The second-order valence-corrected chi connectivity index (χ2v) is 11.3. The number of pyridine rings is 1. The number of aromatic nitrogens is 3. The van der Waals surface area contributed by atoms with Crippen LogP contribution >= 0.6 is 15.9 Å². The summed E-state index contributed by atoms with van der Waals surface area (Å²) in [5.74, 6) is 0.369. The summed E-state index contributed by atoms with van der Waals surface area (Å²) in [5.41, 5.74) is 3.41. The highest BCUT2D eigenvalue weighted by Gasteiger charge is 2.34. The van der Waals surface area contributed by atoms with Crippen LogP contribution in [0.25, 0.3) is 11.0 Å². The van der Waals surface area contributed by atoms with Gasteiger partial charge in [-0.15, -0.1) is 0 Å². The highest BCUT2D eigenvalue weighted by molar-refractivity contribution is 9.10. The van der Waals surface area contributed by atoms with Gasteiger partial charge in [0, 0.05) is 21.8 Å². The van der Waals surface area contributed by atoms with Crippen LogP contribution in [0.15, 0.2) is 34.8 Å². The Morgan fingerprint density at radius 1 is 1.20 bits per heavy atom. The van der Waals surface area contributed by atoms with Crippen molar-refractivity contribution in [2.45, 2.75) is 38.1 Å². The number of hydrogen-bond donors (Lipinski definition) is 1. The molecule has 0 spiro atoms. The van der Waals surface area contributed by atoms with Crippen LogP contribution in [0.4, 0.5) is 5.69 Å². The molecule has 3 aromatic rings. The number of carbonyl (C=O) groups is 1. The highest BCUT2D eigenvalue weighted by Crippen LogP contribution is 2.41. The van der Waals surface area contributed by atoms with Crippen molar-refractivity contribution in [2.24, 2.45) is 0 Å². The molecule has 1 N–H and O–H groups in total. The Morgan fingerprint density at radius 3 is 2.57 bits per heavy atom. The zero-order chi connectivity index (χ0) is 21.0. The average molecular weight is 489 g/mol. The lowest BCUT2D eigenvalue weighted by molar-refractivity contribution is 0.102. The molecule has 3 heterocycles. The van der Waals surface area contributed by atoms with Gasteiger partial charge in [0.05, 0.1) is 34.2 Å². The van der Waals surface area contributed by atoms with Gasteiger partial charge >= 0.3 is 0 Å². The summed E-state index contributed by atoms with van der Waals surface area (Å²) in [6.07, 6.45) is 2.63. The number of halogens is 1. The molecule has 9 heteroatoms. The quantitative estimate of drug-likeness (QED) is 0.598. The van der Waals surface area contributed by atoms with Crippen LogP contribution in [0.2, 0.25) is 0 Å². The molecular formula is C21H21BrN4O3S. The van der Waals surface area contributed by atoms with E-state index in [0.717, 1.165) is 23.0 Å². The average Bonchev–Trinajstić information content (AvgIpc) is 3.42. The van der Waals surface area contributed by atoms with Crippen molar-refractivity contribution in [3.8, 4) is 0 Å². The molecule has 1 unspecified atom stereocenters. The molecule has 2 aliphatic rings. The molecule has 1 aliphatic heterocycles. The van der Waals surface area contributed by atoms with Gasteiger partial charge in [0.2, 0.25) is 0 Å². The van der Waals surface area contributed by atoms with Crippen molar-refractivity contribution >= 4 is 48.4 Å². The lowest BCUT2D eigenvalue weighted by Gasteiger charge is -2.12. The van der Waals surface area contributed by atoms with Crippen LogP contribution in [0.1, 0.15) is 53.0 Å². The summed E-state index contributed by atoms with van der Waals surface area (Å²) < 4.78 is 26.7. The standard InChI is InChI=1S/C21H21BrN4O3S/c1-12-19-17(21(27)23-15-6-4-14(22)5-7-15)10-18(13-2-3-13)24-20(19)26(25-12)16-8-9-30(28,29)11-16/h4-7,10,13,16H,2-3,8-9,11H2,1H3,(H,23,27). The van der Waals surface area contributed by atoms with E-state index in [9.17, 15) is 13.2 Å². The van der Waals surface area contributed by atoms with E-state index >= 15 is 0 Å². The van der Waals surface area contributed by atoms with Gasteiger partial charge in [0.25, 0.3) is 5.91 Å². The first kappa shape index (κ1) is 19.7. The third-order valence-electron chi connectivity index (χ3n) is 5.75. The van der Waals surface area contributed by atoms with Crippen molar-refractivity contribution in [2.75, 3.05) is 16.8 Å². The number of fused-ring (bicyclic) bond motifs is 1. The number of rotatable bonds is 4. The number of sulfone groups is 1. The van der Waals surface area contributed by atoms with E-state index in [1.807, 2.05) is 37.3 Å². The van der Waals surface area contributed by atoms with E-state index in [2.05, 4.69) is 26.3 Å². The fourth-order valence-corrected chi connectivity index (χ4v) is 6.01. The van der Waals surface area contributed by atoms with Crippen molar-refractivity contribution in [1.82, 2.24) is 14.8 Å². The Bertz CT molecular complexity index is 1260. The largest absolute Gasteiger partial charge is 0.322 e. The number of aryl methyl sites for hydroxylation is 1. The minimum Gasteiger partial charge on any atom is -0.322 e. The second-order valence-electron chi connectivity index (χ2n) is 8.12. The molecule has 1 amide bonds. The molecule has 1 saturated heterocycles. The zero-order valence-electron chi connectivity index (χ0n) is 16.4. The lowest BCUT2D eigenvalue weighted by Crippen LogP contribution is -2.15. The molecule has 5 rings (SSSR count). The predicted octanol–water partition coefficient (Wildman–Crippen LogP) is 3.99. The van der Waals surface area contributed by atoms with Gasteiger partial charge in [-0.25, -0.2) is 18.1 Å². The van der Waals surface area contributed by atoms with Gasteiger partial charge in [-0.2, -0.15) is 5.10 Å². The molecule has 1 aromatic carbocycles. The van der Waals surface area contributed by atoms with Gasteiger partial charge in [0.15, 0.2) is 15.5 Å². The van der Waals surface area contributed by atoms with Gasteiger partial charge < -0.3 is 5.32 Å². The third kappa shape index (κ3) is 3.65. The summed E-state index contributed by atoms with van der Waals surface area (Å²) >= 11 is 3.40. The molecule has 0 bridgehead atoms. The van der Waals surface area contributed by atoms with Crippen LogP contribution in [-0.2, 0) is 9.84 Å². The van der Waals surface area contributed by atoms with E-state index in [4.69, 9.17) is 4.98 Å². The molecule has 2 aromatic heterocycles. The molecule has 2 fully saturated rings. The maximum absolute atomic E-state index is 13.2. The first-order chi connectivity index (χ1) is 14.3. The second kappa shape index (κ2) is 7.16. The molecular weight excluding hydrogens is 468 g/mol. The summed E-state index contributed by atoms with van der Waals surface area (Å²) in [4.78, 5) is 18.0. The van der Waals surface area contributed by atoms with Gasteiger partial charge in [-0.3, -0.25) is 4.79 Å². The van der Waals surface area contributed by atoms with Crippen molar-refractivity contribution in [1.29, 1.82) is 0 Å². The fraction of sp³-hybridized carbons (Fsp3) is 0.381. The Morgan fingerprint density at radius 2 is 1.93 bits per heavy atom. The van der Waals surface area contributed by atoms with Gasteiger partial charge in [-0.05, 0) is 56.5 Å². The van der Waals surface area contributed by atoms with Gasteiger partial charge in [-0.1, -0.05) is 15.9 Å². The van der Waals surface area contributed by atoms with E-state index in [-0.39, 0.29) is 23.5 Å². The summed E-state index contributed by atoms with van der Waals surface area (Å²) in [6, 6.07) is 9.05. The maximum Gasteiger partial charge on any atom is 0.256 e. The molecule has 1 atom stereocenters. The summed E-state index contributed by atoms with van der Waals surface area (Å²) in [7, 11) is -3.06. The SMILES string of the molecule is Cc1nn(C2CCS(=O)(=O)C2)c2nc(C3CC3)cc(C(=O)Nc3ccc(Br)cc3)c12. The number of nitrogens with one attached hydrogen (secondary N) is 1. The van der Waals surface area contributed by atoms with Crippen LogP contribution in [0, 0.1) is 6.92 Å². The zero-order valence-corrected chi connectivity index (χ0v) is 18.8.